The highest BCUT2D eigenvalue weighted by Crippen LogP contribution is 2.29. The van der Waals surface area contributed by atoms with E-state index in [4.69, 9.17) is 4.74 Å². The van der Waals surface area contributed by atoms with Gasteiger partial charge in [0.25, 0.3) is 5.91 Å². The van der Waals surface area contributed by atoms with Crippen LogP contribution in [-0.4, -0.2) is 55.4 Å². The summed E-state index contributed by atoms with van der Waals surface area (Å²) < 4.78 is 42.3. The molecule has 24 heavy (non-hydrogen) atoms. The van der Waals surface area contributed by atoms with Crippen LogP contribution in [0.25, 0.3) is 0 Å². The molecule has 2 aromatic rings. The Bertz CT molecular complexity index is 848. The van der Waals surface area contributed by atoms with Gasteiger partial charge in [-0.1, -0.05) is 0 Å². The van der Waals surface area contributed by atoms with Crippen molar-refractivity contribution in [1.82, 2.24) is 15.1 Å². The van der Waals surface area contributed by atoms with Gasteiger partial charge in [0.05, 0.1) is 31.1 Å². The molecule has 0 saturated carbocycles. The summed E-state index contributed by atoms with van der Waals surface area (Å²) >= 11 is 0. The molecule has 0 spiro atoms. The summed E-state index contributed by atoms with van der Waals surface area (Å²) in [6.45, 7) is 0.784. The van der Waals surface area contributed by atoms with Gasteiger partial charge >= 0.3 is 0 Å². The van der Waals surface area contributed by atoms with Gasteiger partial charge in [0.15, 0.2) is 9.84 Å². The highest BCUT2D eigenvalue weighted by Gasteiger charge is 2.33. The second-order valence-electron chi connectivity index (χ2n) is 5.52. The molecule has 1 aromatic carbocycles. The minimum absolute atomic E-state index is 0.0370. The molecular weight excluding hydrogens is 337 g/mol. The fourth-order valence-electron chi connectivity index (χ4n) is 2.66. The van der Waals surface area contributed by atoms with E-state index in [9.17, 15) is 17.6 Å². The number of sulfone groups is 1. The number of carbonyl (C=O) groups excluding carboxylic acids is 1. The molecule has 1 aliphatic rings. The summed E-state index contributed by atoms with van der Waals surface area (Å²) in [5, 5.41) is 6.46. The fourth-order valence-corrected chi connectivity index (χ4v) is 3.49. The van der Waals surface area contributed by atoms with Crippen molar-refractivity contribution in [3.8, 4) is 0 Å². The lowest BCUT2D eigenvalue weighted by Crippen LogP contribution is -2.44. The van der Waals surface area contributed by atoms with Crippen LogP contribution < -0.4 is 0 Å². The van der Waals surface area contributed by atoms with E-state index in [-0.39, 0.29) is 17.4 Å². The summed E-state index contributed by atoms with van der Waals surface area (Å²) in [6.07, 6.45) is 2.30. The van der Waals surface area contributed by atoms with Gasteiger partial charge in [-0.15, -0.1) is 0 Å². The number of halogens is 1. The minimum atomic E-state index is -3.50. The second-order valence-corrected chi connectivity index (χ2v) is 7.50. The van der Waals surface area contributed by atoms with E-state index in [1.807, 2.05) is 0 Å². The van der Waals surface area contributed by atoms with Crippen molar-refractivity contribution in [2.75, 3.05) is 26.0 Å². The summed E-state index contributed by atoms with van der Waals surface area (Å²) in [4.78, 5) is 14.3. The highest BCUT2D eigenvalue weighted by atomic mass is 32.2. The average Bonchev–Trinajstić information content (AvgIpc) is 3.05. The molecule has 0 radical (unpaired) electrons. The maximum absolute atomic E-state index is 13.1. The molecule has 3 rings (SSSR count). The van der Waals surface area contributed by atoms with Gasteiger partial charge in [0, 0.05) is 18.4 Å². The lowest BCUT2D eigenvalue weighted by molar-refractivity contribution is -0.00468. The molecule has 1 amide bonds. The number of benzene rings is 1. The maximum Gasteiger partial charge on any atom is 0.254 e. The monoisotopic (exact) mass is 353 g/mol. The zero-order valence-electron chi connectivity index (χ0n) is 12.9. The lowest BCUT2D eigenvalue weighted by atomic mass is 10.1. The molecule has 0 bridgehead atoms. The van der Waals surface area contributed by atoms with Crippen LogP contribution in [0.4, 0.5) is 4.39 Å². The van der Waals surface area contributed by atoms with E-state index in [0.717, 1.165) is 6.26 Å². The summed E-state index contributed by atoms with van der Waals surface area (Å²) in [5.41, 5.74) is 0.636. The topological polar surface area (TPSA) is 92.4 Å². The van der Waals surface area contributed by atoms with Crippen LogP contribution in [0, 0.1) is 5.82 Å². The van der Waals surface area contributed by atoms with E-state index < -0.39 is 21.7 Å². The molecule has 7 nitrogen and oxygen atoms in total. The smallest absolute Gasteiger partial charge is 0.254 e. The SMILES string of the molecule is CS(=O)(=O)c1cn[nH]c1[C@H]1COCCN1C(=O)c1ccc(F)cc1. The van der Waals surface area contributed by atoms with Gasteiger partial charge in [-0.25, -0.2) is 12.8 Å². The van der Waals surface area contributed by atoms with Crippen molar-refractivity contribution in [1.29, 1.82) is 0 Å². The largest absolute Gasteiger partial charge is 0.377 e. The maximum atomic E-state index is 13.1. The number of nitrogens with zero attached hydrogens (tertiary/aromatic N) is 2. The Kier molecular flexibility index (Phi) is 4.37. The first-order valence-corrected chi connectivity index (χ1v) is 9.14. The van der Waals surface area contributed by atoms with Crippen molar-refractivity contribution in [3.63, 3.8) is 0 Å². The molecule has 1 fully saturated rings. The number of aromatic nitrogens is 2. The normalized spacial score (nSPS) is 18.6. The third-order valence-corrected chi connectivity index (χ3v) is 4.97. The Morgan fingerprint density at radius 1 is 1.38 bits per heavy atom. The zero-order valence-corrected chi connectivity index (χ0v) is 13.7. The van der Waals surface area contributed by atoms with Gasteiger partial charge in [0.1, 0.15) is 10.7 Å². The zero-order chi connectivity index (χ0) is 17.3. The predicted molar refractivity (Wildman–Crippen MR) is 82.7 cm³/mol. The number of H-pyrrole nitrogens is 1. The van der Waals surface area contributed by atoms with Crippen LogP contribution in [0.3, 0.4) is 0 Å². The van der Waals surface area contributed by atoms with E-state index in [1.54, 1.807) is 0 Å². The van der Waals surface area contributed by atoms with E-state index in [0.29, 0.717) is 24.4 Å². The second kappa shape index (κ2) is 6.33. The van der Waals surface area contributed by atoms with Gasteiger partial charge in [0.2, 0.25) is 0 Å². The van der Waals surface area contributed by atoms with Crippen LogP contribution in [-0.2, 0) is 14.6 Å². The number of rotatable bonds is 3. The predicted octanol–water partition coefficient (Wildman–Crippen LogP) is 1.17. The van der Waals surface area contributed by atoms with Crippen molar-refractivity contribution < 1.29 is 22.3 Å². The molecule has 1 N–H and O–H groups in total. The van der Waals surface area contributed by atoms with Crippen molar-refractivity contribution >= 4 is 15.7 Å². The molecular formula is C15H16FN3O4S. The molecule has 1 aliphatic heterocycles. The number of ether oxygens (including phenoxy) is 1. The Morgan fingerprint density at radius 3 is 2.75 bits per heavy atom. The van der Waals surface area contributed by atoms with E-state index in [1.165, 1.54) is 35.4 Å². The number of morpholine rings is 1. The van der Waals surface area contributed by atoms with E-state index >= 15 is 0 Å². The van der Waals surface area contributed by atoms with Crippen molar-refractivity contribution in [3.05, 3.63) is 47.5 Å². The average molecular weight is 353 g/mol. The third-order valence-electron chi connectivity index (χ3n) is 3.85. The number of nitrogens with one attached hydrogen (secondary N) is 1. The summed E-state index contributed by atoms with van der Waals surface area (Å²) in [7, 11) is -3.50. The number of carbonyl (C=O) groups is 1. The van der Waals surface area contributed by atoms with Gasteiger partial charge < -0.3 is 9.64 Å². The van der Waals surface area contributed by atoms with Crippen LogP contribution in [0.1, 0.15) is 22.1 Å². The van der Waals surface area contributed by atoms with Crippen molar-refractivity contribution in [2.24, 2.45) is 0 Å². The molecule has 9 heteroatoms. The van der Waals surface area contributed by atoms with Crippen LogP contribution >= 0.6 is 0 Å². The molecule has 128 valence electrons. The Hall–Kier alpha value is -2.26. The van der Waals surface area contributed by atoms with Crippen molar-refractivity contribution in [2.45, 2.75) is 10.9 Å². The first-order valence-electron chi connectivity index (χ1n) is 7.25. The first kappa shape index (κ1) is 16.6. The minimum Gasteiger partial charge on any atom is -0.377 e. The molecule has 1 aromatic heterocycles. The fraction of sp³-hybridized carbons (Fsp3) is 0.333. The Labute approximate surface area is 138 Å². The molecule has 0 aliphatic carbocycles. The summed E-state index contributed by atoms with van der Waals surface area (Å²) in [5.74, 6) is -0.754. The van der Waals surface area contributed by atoms with Crippen LogP contribution in [0.5, 0.6) is 0 Å². The number of hydrogen-bond donors (Lipinski definition) is 1. The molecule has 2 heterocycles. The Morgan fingerprint density at radius 2 is 2.08 bits per heavy atom. The van der Waals surface area contributed by atoms with Crippen LogP contribution in [0.2, 0.25) is 0 Å². The number of hydrogen-bond acceptors (Lipinski definition) is 5. The third kappa shape index (κ3) is 3.17. The molecule has 1 atom stereocenters. The standard InChI is InChI=1S/C15H16FN3O4S/c1-24(21,22)13-8-17-18-14(13)12-9-23-7-6-19(12)15(20)10-2-4-11(16)5-3-10/h2-5,8,12H,6-7,9H2,1H3,(H,17,18)/t12-/m1/s1. The number of aromatic amines is 1. The quantitative estimate of drug-likeness (QED) is 0.894. The van der Waals surface area contributed by atoms with Gasteiger partial charge in [-0.05, 0) is 24.3 Å². The molecule has 1 saturated heterocycles. The summed E-state index contributed by atoms with van der Waals surface area (Å²) in [6, 6.07) is 4.61. The molecule has 0 unspecified atom stereocenters. The van der Waals surface area contributed by atoms with Gasteiger partial charge in [-0.3, -0.25) is 9.89 Å². The Balaban J connectivity index is 1.96. The number of amides is 1. The van der Waals surface area contributed by atoms with Gasteiger partial charge in [-0.2, -0.15) is 5.10 Å². The first-order chi connectivity index (χ1) is 11.4. The van der Waals surface area contributed by atoms with E-state index in [2.05, 4.69) is 10.2 Å². The lowest BCUT2D eigenvalue weighted by Gasteiger charge is -2.35. The highest BCUT2D eigenvalue weighted by molar-refractivity contribution is 7.90. The van der Waals surface area contributed by atoms with Crippen LogP contribution in [0.15, 0.2) is 35.4 Å².